The van der Waals surface area contributed by atoms with Crippen LogP contribution >= 0.6 is 11.8 Å². The maximum Gasteiger partial charge on any atom is 0.315 e. The summed E-state index contributed by atoms with van der Waals surface area (Å²) in [6.45, 7) is 0.681. The molecule has 0 aromatic carbocycles. The lowest BCUT2D eigenvalue weighted by molar-refractivity contribution is -0.136. The third-order valence-corrected chi connectivity index (χ3v) is 20.6. The van der Waals surface area contributed by atoms with E-state index >= 15 is 0 Å². The zero-order valence-corrected chi connectivity index (χ0v) is 70.5. The van der Waals surface area contributed by atoms with E-state index in [1.165, 1.54) is 0 Å². The van der Waals surface area contributed by atoms with Crippen molar-refractivity contribution in [3.05, 3.63) is 0 Å². The fourth-order valence-electron chi connectivity index (χ4n) is 12.7. The van der Waals surface area contributed by atoms with E-state index < -0.39 is 149 Å². The summed E-state index contributed by atoms with van der Waals surface area (Å²) in [5, 5.41) is 126. The Morgan fingerprint density at radius 3 is 0.902 bits per heavy atom. The second kappa shape index (κ2) is 60.8. The molecular weight excluding hydrogens is 1630 g/mol. The maximum absolute atomic E-state index is 14.9. The summed E-state index contributed by atoms with van der Waals surface area (Å²) >= 11 is 1.83. The van der Waals surface area contributed by atoms with Crippen molar-refractivity contribution in [3.8, 4) is 0 Å². The van der Waals surface area contributed by atoms with Gasteiger partial charge in [0.1, 0.15) is 48.3 Å². The number of hydrogen-bond donors (Lipinski definition) is 40. The molecule has 13 amide bonds. The van der Waals surface area contributed by atoms with Crippen molar-refractivity contribution < 1.29 is 57.5 Å². The van der Waals surface area contributed by atoms with E-state index in [0.29, 0.717) is 37.5 Å². The highest BCUT2D eigenvalue weighted by Crippen LogP contribution is 2.33. The molecule has 2 fully saturated rings. The van der Waals surface area contributed by atoms with E-state index in [1.807, 2.05) is 11.8 Å². The van der Waals surface area contributed by atoms with Gasteiger partial charge in [0.2, 0.25) is 65.0 Å². The van der Waals surface area contributed by atoms with Crippen LogP contribution in [0.1, 0.15) is 167 Å². The molecule has 2 aliphatic heterocycles. The van der Waals surface area contributed by atoms with Crippen molar-refractivity contribution >= 4 is 136 Å². The third-order valence-electron chi connectivity index (χ3n) is 19.0. The molecule has 0 unspecified atom stereocenters. The van der Waals surface area contributed by atoms with Crippen LogP contribution in [0.3, 0.4) is 0 Å². The lowest BCUT2D eigenvalue weighted by Gasteiger charge is -2.28. The molecule has 2 rings (SSSR count). The van der Waals surface area contributed by atoms with Crippen molar-refractivity contribution in [2.24, 2.45) is 57.3 Å². The summed E-state index contributed by atoms with van der Waals surface area (Å²) in [5.74, 6) is -11.6. The van der Waals surface area contributed by atoms with Gasteiger partial charge in [-0.05, 0) is 141 Å². The smallest absolute Gasteiger partial charge is 0.315 e. The Balaban J connectivity index is 2.43. The van der Waals surface area contributed by atoms with E-state index in [4.69, 9.17) is 106 Å². The second-order valence-corrected chi connectivity index (χ2v) is 30.7. The number of thioether (sulfide) groups is 1. The topological polar surface area (TPSA) is 932 Å². The number of unbranched alkanes of at least 4 members (excludes halogenated alkanes) is 3. The van der Waals surface area contributed by atoms with E-state index in [0.717, 1.165) is 25.0 Å². The van der Waals surface area contributed by atoms with Gasteiger partial charge in [-0.3, -0.25) is 107 Å². The number of primary amides is 1. The number of carbonyl (C=O) groups excluding carboxylic acids is 12. The lowest BCUT2D eigenvalue weighted by atomic mass is 10.0. The minimum Gasteiger partial charge on any atom is -0.370 e. The van der Waals surface area contributed by atoms with Crippen LogP contribution in [-0.2, 0) is 52.7 Å². The molecule has 0 radical (unpaired) electrons. The number of hydrogen-bond acceptors (Lipinski definition) is 23. The summed E-state index contributed by atoms with van der Waals surface area (Å²) in [6.07, 6.45) is 4.16. The zero-order chi connectivity index (χ0) is 91.8. The molecule has 52 nitrogen and oxygen atoms in total. The van der Waals surface area contributed by atoms with Gasteiger partial charge >= 0.3 is 6.03 Å². The molecule has 694 valence electrons. The quantitative estimate of drug-likeness (QED) is 0.0116. The van der Waals surface area contributed by atoms with Crippen molar-refractivity contribution in [3.63, 3.8) is 0 Å². The van der Waals surface area contributed by atoms with Crippen molar-refractivity contribution in [1.82, 2.24) is 112 Å². The molecule has 2 aliphatic rings. The molecule has 12 atom stereocenters. The average Bonchev–Trinajstić information content (AvgIpc) is 1.67. The Hall–Kier alpha value is -12.6. The first kappa shape index (κ1) is 106. The maximum atomic E-state index is 14.9. The van der Waals surface area contributed by atoms with Crippen LogP contribution in [0, 0.1) is 48.7 Å². The number of carbonyl (C=O) groups is 12. The first-order valence-corrected chi connectivity index (χ1v) is 42.1. The van der Waals surface area contributed by atoms with Crippen molar-refractivity contribution in [1.29, 1.82) is 48.7 Å². The first-order chi connectivity index (χ1) is 58.3. The van der Waals surface area contributed by atoms with Crippen LogP contribution in [0.25, 0.3) is 0 Å². The SMILES string of the molecule is N=C(N)NCCC[C@H](NC(=O)[C@H](CCCNC(=N)N)NC(=O)[C@H](CCCNC(=N)N)NC(=O)[C@H](CCCNC(=N)N)NC(=O)[C@H](CCCNC(=N)N)NC(=O)[C@H](CCCNC(=N)N)NC(=O)[C@H](CCCNC(=N)N)NC(=O)[C@H](CCCNC(=N)N)NC(=O)[C@@H](N)CCCNC(=N)NC(=O)CCCCCNC(=O)CCCC[C@@H]1SC[C@@H]2NC(=O)N[C@@H]21)C(N)=O. The standard InChI is InChI=1S/C70H136N40O12S/c71-38(15-6-36-99-69(89)109-50(112)26-2-1-5-27-90-49(111)25-4-3-24-48-51-47(37-123-48)108-70(122)110-51)53(114)101-40(17-8-29-92-62(75)76)55(116)103-42(19-10-31-94-64(79)80)57(118)105-44(21-12-33-96-66(83)84)59(120)107-46(23-14-35-98-68(87)88)60(121)106-45(22-13-34-97-67(85)86)58(119)104-43(20-11-32-95-65(81)82)56(117)102-41(18-9-30-93-63(77)78)54(115)100-39(52(72)113)16-7-28-91-61(73)74/h38-48,51H,1-37,71H2,(H2,72,113)(H,90,111)(H,100,115)(H,101,114)(H,102,117)(H,103,116)(H,104,119)(H,105,118)(H,106,121)(H,107,120)(H4,73,74,91)(H4,75,76,92)(H4,77,78,93)(H4,79,80,94)(H4,81,82,95)(H4,83,84,96)(H4,85,86,97)(H4,87,88,98)(H2,108,110,122)(H3,89,99,109,112)/t38-,39-,40-,41-,42-,43-,44-,45-,46-,47-,48-,51-/m0/s1. The third kappa shape index (κ3) is 49.6. The Labute approximate surface area is 718 Å². The van der Waals surface area contributed by atoms with Gasteiger partial charge in [-0.15, -0.1) is 0 Å². The average molecular weight is 1760 g/mol. The van der Waals surface area contributed by atoms with Crippen LogP contribution in [-0.4, -0.2) is 268 Å². The fraction of sp³-hybridized carbons (Fsp3) is 0.700. The minimum atomic E-state index is -1.60. The predicted octanol–water partition coefficient (Wildman–Crippen LogP) is -10.4. The zero-order valence-electron chi connectivity index (χ0n) is 69.7. The Morgan fingerprint density at radius 1 is 0.317 bits per heavy atom. The van der Waals surface area contributed by atoms with E-state index in [-0.39, 0.29) is 223 Å². The van der Waals surface area contributed by atoms with Gasteiger partial charge in [0.25, 0.3) is 0 Å². The largest absolute Gasteiger partial charge is 0.370 e. The number of fused-ring (bicyclic) bond motifs is 1. The van der Waals surface area contributed by atoms with E-state index in [2.05, 4.69) is 112 Å². The number of guanidine groups is 9. The number of rotatable bonds is 64. The molecule has 0 saturated carbocycles. The molecule has 0 spiro atoms. The minimum absolute atomic E-state index is 0.00220. The van der Waals surface area contributed by atoms with Crippen LogP contribution in [0.4, 0.5) is 4.79 Å². The van der Waals surface area contributed by atoms with Crippen LogP contribution in [0.2, 0.25) is 0 Å². The molecular formula is C70H136N40O12S. The fourth-order valence-corrected chi connectivity index (χ4v) is 14.2. The summed E-state index contributed by atoms with van der Waals surface area (Å²) in [4.78, 5) is 166. The van der Waals surface area contributed by atoms with E-state index in [9.17, 15) is 57.5 Å². The molecule has 0 bridgehead atoms. The highest BCUT2D eigenvalue weighted by molar-refractivity contribution is 8.00. The summed E-state index contributed by atoms with van der Waals surface area (Å²) in [5.41, 5.74) is 56.2. The number of urea groups is 1. The molecule has 50 N–H and O–H groups in total. The van der Waals surface area contributed by atoms with Crippen LogP contribution < -0.4 is 169 Å². The van der Waals surface area contributed by atoms with Gasteiger partial charge in [-0.1, -0.05) is 12.8 Å². The van der Waals surface area contributed by atoms with Gasteiger partial charge in [0, 0.05) is 89.3 Å². The Morgan fingerprint density at radius 2 is 0.585 bits per heavy atom. The summed E-state index contributed by atoms with van der Waals surface area (Å²) in [7, 11) is 0. The molecule has 0 aromatic heterocycles. The number of amides is 13. The highest BCUT2D eigenvalue weighted by Gasteiger charge is 2.43. The first-order valence-electron chi connectivity index (χ1n) is 41.0. The summed E-state index contributed by atoms with van der Waals surface area (Å²) < 4.78 is 0. The lowest BCUT2D eigenvalue weighted by Crippen LogP contribution is -2.60. The Kier molecular flexibility index (Phi) is 52.6. The molecule has 0 aliphatic carbocycles. The van der Waals surface area contributed by atoms with Gasteiger partial charge in [-0.2, -0.15) is 11.8 Å². The normalized spacial score (nSPS) is 15.7. The van der Waals surface area contributed by atoms with Gasteiger partial charge < -0.3 is 164 Å². The van der Waals surface area contributed by atoms with Crippen molar-refractivity contribution in [2.45, 2.75) is 239 Å². The summed E-state index contributed by atoms with van der Waals surface area (Å²) in [6, 6.07) is -13.1. The number of nitrogens with one attached hydrogen (secondary N) is 30. The van der Waals surface area contributed by atoms with Crippen LogP contribution in [0.15, 0.2) is 0 Å². The van der Waals surface area contributed by atoms with Gasteiger partial charge in [-0.25, -0.2) is 4.79 Å². The van der Waals surface area contributed by atoms with Crippen molar-refractivity contribution in [2.75, 3.05) is 71.2 Å². The van der Waals surface area contributed by atoms with E-state index in [1.54, 1.807) is 0 Å². The highest BCUT2D eigenvalue weighted by atomic mass is 32.2. The molecule has 123 heavy (non-hydrogen) atoms. The van der Waals surface area contributed by atoms with Gasteiger partial charge in [0.15, 0.2) is 53.6 Å². The second-order valence-electron chi connectivity index (χ2n) is 29.4. The molecule has 2 saturated heterocycles. The molecule has 53 heteroatoms. The Bertz CT molecular complexity index is 3530. The predicted molar refractivity (Wildman–Crippen MR) is 464 cm³/mol. The van der Waals surface area contributed by atoms with Gasteiger partial charge in [0.05, 0.1) is 18.1 Å². The number of nitrogens with two attached hydrogens (primary N) is 10. The monoisotopic (exact) mass is 1760 g/mol. The molecule has 0 aromatic rings. The van der Waals surface area contributed by atoms with Crippen LogP contribution in [0.5, 0.6) is 0 Å². The molecule has 2 heterocycles.